The van der Waals surface area contributed by atoms with E-state index in [1.165, 1.54) is 0 Å². The van der Waals surface area contributed by atoms with Crippen LogP contribution in [0.2, 0.25) is 0 Å². The molecule has 0 unspecified atom stereocenters. The Morgan fingerprint density at radius 3 is 2.00 bits per heavy atom. The van der Waals surface area contributed by atoms with Crippen LogP contribution in [0.15, 0.2) is 0 Å². The minimum absolute atomic E-state index is 0.189. The van der Waals surface area contributed by atoms with Crippen molar-refractivity contribution in [3.63, 3.8) is 0 Å². The van der Waals surface area contributed by atoms with Crippen LogP contribution in [0.1, 0.15) is 12.8 Å². The summed E-state index contributed by atoms with van der Waals surface area (Å²) in [4.78, 5) is 0. The van der Waals surface area contributed by atoms with Gasteiger partial charge in [0.1, 0.15) is 0 Å². The summed E-state index contributed by atoms with van der Waals surface area (Å²) in [5, 5.41) is 8.41. The molecule has 74 valence electrons. The maximum absolute atomic E-state index is 8.41. The van der Waals surface area contributed by atoms with Crippen molar-refractivity contribution in [1.82, 2.24) is 0 Å². The van der Waals surface area contributed by atoms with E-state index in [-0.39, 0.29) is 6.61 Å². The lowest BCUT2D eigenvalue weighted by Crippen LogP contribution is -2.09. The van der Waals surface area contributed by atoms with Crippen molar-refractivity contribution in [3.05, 3.63) is 0 Å². The average molecular weight is 177 g/mol. The molecule has 0 rings (SSSR count). The summed E-state index contributed by atoms with van der Waals surface area (Å²) in [7, 11) is 0. The summed E-state index contributed by atoms with van der Waals surface area (Å²) in [5.74, 6) is 0. The van der Waals surface area contributed by atoms with Crippen LogP contribution in [0.25, 0.3) is 0 Å². The average Bonchev–Trinajstić information content (AvgIpc) is 2.10. The van der Waals surface area contributed by atoms with Crippen molar-refractivity contribution >= 4 is 0 Å². The molecule has 0 aromatic carbocycles. The van der Waals surface area contributed by atoms with Crippen molar-refractivity contribution in [2.45, 2.75) is 12.8 Å². The molecule has 0 saturated heterocycles. The van der Waals surface area contributed by atoms with Crippen LogP contribution in [-0.2, 0) is 9.47 Å². The summed E-state index contributed by atoms with van der Waals surface area (Å²) in [6.07, 6.45) is 1.60. The first-order chi connectivity index (χ1) is 5.91. The molecule has 3 N–H and O–H groups in total. The van der Waals surface area contributed by atoms with E-state index in [1.807, 2.05) is 0 Å². The van der Waals surface area contributed by atoms with Crippen LogP contribution >= 0.6 is 0 Å². The number of hydrogen-bond donors (Lipinski definition) is 2. The van der Waals surface area contributed by atoms with Gasteiger partial charge < -0.3 is 20.3 Å². The third-order valence-electron chi connectivity index (χ3n) is 1.31. The van der Waals surface area contributed by atoms with Crippen molar-refractivity contribution in [2.24, 2.45) is 5.73 Å². The van der Waals surface area contributed by atoms with Gasteiger partial charge in [0.05, 0.1) is 13.2 Å². The molecule has 0 aliphatic rings. The zero-order chi connectivity index (χ0) is 9.07. The smallest absolute Gasteiger partial charge is 0.0700 e. The first-order valence-electron chi connectivity index (χ1n) is 4.38. The highest BCUT2D eigenvalue weighted by atomic mass is 16.5. The second-order valence-electron chi connectivity index (χ2n) is 2.44. The van der Waals surface area contributed by atoms with Gasteiger partial charge >= 0.3 is 0 Å². The number of hydrogen-bond acceptors (Lipinski definition) is 4. The fourth-order valence-electron chi connectivity index (χ4n) is 0.674. The van der Waals surface area contributed by atoms with Crippen LogP contribution < -0.4 is 5.73 Å². The van der Waals surface area contributed by atoms with Crippen LogP contribution in [0.5, 0.6) is 0 Å². The molecular formula is C8H19NO3. The standard InChI is InChI=1S/C8H19NO3/c9-3-1-5-11-7-8-12-6-2-4-10/h10H,1-9H2. The molecule has 0 fully saturated rings. The largest absolute Gasteiger partial charge is 0.396 e. The molecule has 0 atom stereocenters. The molecule has 4 nitrogen and oxygen atoms in total. The van der Waals surface area contributed by atoms with E-state index in [9.17, 15) is 0 Å². The third kappa shape index (κ3) is 9.84. The van der Waals surface area contributed by atoms with E-state index in [0.29, 0.717) is 39.4 Å². The predicted molar refractivity (Wildman–Crippen MR) is 47.0 cm³/mol. The summed E-state index contributed by atoms with van der Waals surface area (Å²) in [6.45, 7) is 3.39. The molecule has 0 bridgehead atoms. The molecular weight excluding hydrogens is 158 g/mol. The Kier molecular flexibility index (Phi) is 10.7. The van der Waals surface area contributed by atoms with Gasteiger partial charge in [0.15, 0.2) is 0 Å². The minimum atomic E-state index is 0.189. The first-order valence-corrected chi connectivity index (χ1v) is 4.38. The normalized spacial score (nSPS) is 10.5. The second-order valence-corrected chi connectivity index (χ2v) is 2.44. The summed E-state index contributed by atoms with van der Waals surface area (Å²) in [6, 6.07) is 0. The van der Waals surface area contributed by atoms with E-state index in [1.54, 1.807) is 0 Å². The molecule has 0 aromatic heterocycles. The topological polar surface area (TPSA) is 64.7 Å². The quantitative estimate of drug-likeness (QED) is 0.477. The van der Waals surface area contributed by atoms with Crippen LogP contribution in [-0.4, -0.2) is 44.7 Å². The highest BCUT2D eigenvalue weighted by Gasteiger charge is 1.89. The highest BCUT2D eigenvalue weighted by molar-refractivity contribution is 4.36. The zero-order valence-electron chi connectivity index (χ0n) is 7.50. The fourth-order valence-corrected chi connectivity index (χ4v) is 0.674. The SMILES string of the molecule is NCCCOCCOCCCO. The number of ether oxygens (including phenoxy) is 2. The Labute approximate surface area is 73.7 Å². The van der Waals surface area contributed by atoms with E-state index < -0.39 is 0 Å². The zero-order valence-corrected chi connectivity index (χ0v) is 7.50. The van der Waals surface area contributed by atoms with E-state index in [0.717, 1.165) is 6.42 Å². The highest BCUT2D eigenvalue weighted by Crippen LogP contribution is 1.83. The minimum Gasteiger partial charge on any atom is -0.396 e. The molecule has 0 radical (unpaired) electrons. The van der Waals surface area contributed by atoms with E-state index in [2.05, 4.69) is 0 Å². The van der Waals surface area contributed by atoms with E-state index >= 15 is 0 Å². The molecule has 0 spiro atoms. The molecule has 0 amide bonds. The van der Waals surface area contributed by atoms with Gasteiger partial charge in [-0.1, -0.05) is 0 Å². The number of rotatable bonds is 9. The summed E-state index contributed by atoms with van der Waals surface area (Å²) < 4.78 is 10.3. The van der Waals surface area contributed by atoms with Crippen LogP contribution in [0, 0.1) is 0 Å². The lowest BCUT2D eigenvalue weighted by Gasteiger charge is -2.03. The lowest BCUT2D eigenvalue weighted by atomic mass is 10.5. The molecule has 0 aromatic rings. The molecule has 4 heteroatoms. The van der Waals surface area contributed by atoms with Crippen molar-refractivity contribution in [1.29, 1.82) is 0 Å². The number of aliphatic hydroxyl groups is 1. The van der Waals surface area contributed by atoms with Crippen molar-refractivity contribution in [2.75, 3.05) is 39.6 Å². The Bertz CT molecular complexity index is 70.7. The Morgan fingerprint density at radius 2 is 1.50 bits per heavy atom. The molecule has 0 saturated carbocycles. The monoisotopic (exact) mass is 177 g/mol. The predicted octanol–water partition coefficient (Wildman–Crippen LogP) is -0.249. The van der Waals surface area contributed by atoms with Gasteiger partial charge in [-0.25, -0.2) is 0 Å². The summed E-state index contributed by atoms with van der Waals surface area (Å²) >= 11 is 0. The third-order valence-corrected chi connectivity index (χ3v) is 1.31. The number of nitrogens with two attached hydrogens (primary N) is 1. The summed E-state index contributed by atoms with van der Waals surface area (Å²) in [5.41, 5.74) is 5.27. The second kappa shape index (κ2) is 10.8. The lowest BCUT2D eigenvalue weighted by molar-refractivity contribution is 0.0423. The number of aliphatic hydroxyl groups excluding tert-OH is 1. The van der Waals surface area contributed by atoms with Gasteiger partial charge in [0, 0.05) is 19.8 Å². The van der Waals surface area contributed by atoms with Crippen LogP contribution in [0.4, 0.5) is 0 Å². The van der Waals surface area contributed by atoms with Gasteiger partial charge in [0.2, 0.25) is 0 Å². The van der Waals surface area contributed by atoms with Crippen molar-refractivity contribution < 1.29 is 14.6 Å². The molecule has 0 heterocycles. The Balaban J connectivity index is 2.73. The fraction of sp³-hybridized carbons (Fsp3) is 1.00. The molecule has 12 heavy (non-hydrogen) atoms. The first kappa shape index (κ1) is 11.8. The Hall–Kier alpha value is -0.160. The molecule has 0 aliphatic carbocycles. The van der Waals surface area contributed by atoms with Gasteiger partial charge in [-0.2, -0.15) is 0 Å². The van der Waals surface area contributed by atoms with Gasteiger partial charge in [-0.05, 0) is 19.4 Å². The molecule has 0 aliphatic heterocycles. The van der Waals surface area contributed by atoms with Crippen molar-refractivity contribution in [3.8, 4) is 0 Å². The Morgan fingerprint density at radius 1 is 0.917 bits per heavy atom. The van der Waals surface area contributed by atoms with Gasteiger partial charge in [-0.3, -0.25) is 0 Å². The van der Waals surface area contributed by atoms with Gasteiger partial charge in [-0.15, -0.1) is 0 Å². The van der Waals surface area contributed by atoms with Crippen LogP contribution in [0.3, 0.4) is 0 Å². The maximum atomic E-state index is 8.41. The van der Waals surface area contributed by atoms with E-state index in [4.69, 9.17) is 20.3 Å². The van der Waals surface area contributed by atoms with Gasteiger partial charge in [0.25, 0.3) is 0 Å². The maximum Gasteiger partial charge on any atom is 0.0700 e.